The normalized spacial score (nSPS) is 11.0. The Hall–Kier alpha value is -2.14. The van der Waals surface area contributed by atoms with E-state index in [1.807, 2.05) is 24.6 Å². The number of benzene rings is 1. The number of imidazole rings is 1. The molecule has 0 saturated carbocycles. The molecule has 3 rings (SSSR count). The SMILES string of the molecule is Cc1nc2c(Nc3ccc(F)c(Cl)c3)nccc2n1C. The van der Waals surface area contributed by atoms with Crippen LogP contribution in [0.3, 0.4) is 0 Å². The van der Waals surface area contributed by atoms with Crippen molar-refractivity contribution in [2.24, 2.45) is 7.05 Å². The highest BCUT2D eigenvalue weighted by molar-refractivity contribution is 6.31. The van der Waals surface area contributed by atoms with Crippen LogP contribution in [0.15, 0.2) is 30.5 Å². The molecule has 1 aromatic carbocycles. The number of nitrogens with one attached hydrogen (secondary N) is 1. The molecule has 2 heterocycles. The van der Waals surface area contributed by atoms with Crippen LogP contribution in [0.5, 0.6) is 0 Å². The third-order valence-corrected chi connectivity index (χ3v) is 3.50. The number of hydrogen-bond acceptors (Lipinski definition) is 3. The Morgan fingerprint density at radius 2 is 2.10 bits per heavy atom. The number of aryl methyl sites for hydroxylation is 2. The van der Waals surface area contributed by atoms with Gasteiger partial charge >= 0.3 is 0 Å². The van der Waals surface area contributed by atoms with Gasteiger partial charge in [-0.15, -0.1) is 0 Å². The lowest BCUT2D eigenvalue weighted by atomic mass is 10.3. The van der Waals surface area contributed by atoms with Crippen LogP contribution in [0.1, 0.15) is 5.82 Å². The third kappa shape index (κ3) is 2.10. The minimum atomic E-state index is -0.447. The maximum Gasteiger partial charge on any atom is 0.158 e. The van der Waals surface area contributed by atoms with Crippen molar-refractivity contribution in [3.05, 3.63) is 47.1 Å². The molecule has 0 aliphatic heterocycles. The Labute approximate surface area is 120 Å². The van der Waals surface area contributed by atoms with Crippen LogP contribution < -0.4 is 5.32 Å². The number of anilines is 2. The van der Waals surface area contributed by atoms with Gasteiger partial charge in [-0.1, -0.05) is 11.6 Å². The Morgan fingerprint density at radius 3 is 2.85 bits per heavy atom. The smallest absolute Gasteiger partial charge is 0.158 e. The van der Waals surface area contributed by atoms with Gasteiger partial charge < -0.3 is 9.88 Å². The number of halogens is 2. The van der Waals surface area contributed by atoms with Gasteiger partial charge in [-0.05, 0) is 31.2 Å². The summed E-state index contributed by atoms with van der Waals surface area (Å²) in [6.45, 7) is 1.93. The summed E-state index contributed by atoms with van der Waals surface area (Å²) in [4.78, 5) is 8.76. The molecule has 0 spiro atoms. The molecule has 4 nitrogen and oxygen atoms in total. The van der Waals surface area contributed by atoms with Crippen LogP contribution in [0.25, 0.3) is 11.0 Å². The zero-order valence-electron chi connectivity index (χ0n) is 11.0. The average molecular weight is 291 g/mol. The minimum absolute atomic E-state index is 0.0689. The molecule has 102 valence electrons. The van der Waals surface area contributed by atoms with Crippen molar-refractivity contribution in [3.63, 3.8) is 0 Å². The summed E-state index contributed by atoms with van der Waals surface area (Å²) >= 11 is 5.77. The van der Waals surface area contributed by atoms with Gasteiger partial charge in [0.05, 0.1) is 10.5 Å². The van der Waals surface area contributed by atoms with Gasteiger partial charge in [0, 0.05) is 18.9 Å². The van der Waals surface area contributed by atoms with E-state index in [0.29, 0.717) is 11.5 Å². The molecule has 0 bridgehead atoms. The second kappa shape index (κ2) is 4.76. The van der Waals surface area contributed by atoms with E-state index in [4.69, 9.17) is 11.6 Å². The quantitative estimate of drug-likeness (QED) is 0.780. The summed E-state index contributed by atoms with van der Waals surface area (Å²) in [6, 6.07) is 6.34. The van der Waals surface area contributed by atoms with Crippen molar-refractivity contribution < 1.29 is 4.39 Å². The van der Waals surface area contributed by atoms with Crippen LogP contribution in [-0.2, 0) is 7.05 Å². The standard InChI is InChI=1S/C14H12ClFN4/c1-8-18-13-12(20(8)2)5-6-17-14(13)19-9-3-4-11(16)10(15)7-9/h3-7H,1-2H3,(H,17,19). The maximum absolute atomic E-state index is 13.2. The lowest BCUT2D eigenvalue weighted by Gasteiger charge is -2.07. The van der Waals surface area contributed by atoms with Gasteiger partial charge in [-0.3, -0.25) is 0 Å². The van der Waals surface area contributed by atoms with Gasteiger partial charge in [-0.2, -0.15) is 0 Å². The first kappa shape index (κ1) is 12.9. The predicted octanol–water partition coefficient (Wildman–Crippen LogP) is 3.81. The molecule has 1 N–H and O–H groups in total. The Morgan fingerprint density at radius 1 is 1.30 bits per heavy atom. The van der Waals surface area contributed by atoms with E-state index in [-0.39, 0.29) is 5.02 Å². The van der Waals surface area contributed by atoms with E-state index in [0.717, 1.165) is 16.9 Å². The number of aromatic nitrogens is 3. The van der Waals surface area contributed by atoms with E-state index >= 15 is 0 Å². The molecule has 20 heavy (non-hydrogen) atoms. The molecule has 0 unspecified atom stereocenters. The van der Waals surface area contributed by atoms with Crippen LogP contribution >= 0.6 is 11.6 Å². The summed E-state index contributed by atoms with van der Waals surface area (Å²) in [5.41, 5.74) is 2.42. The topological polar surface area (TPSA) is 42.7 Å². The van der Waals surface area contributed by atoms with Crippen molar-refractivity contribution in [2.45, 2.75) is 6.92 Å². The summed E-state index contributed by atoms with van der Waals surface area (Å²) in [5, 5.41) is 3.19. The first-order valence-electron chi connectivity index (χ1n) is 6.06. The van der Waals surface area contributed by atoms with Gasteiger partial charge in [-0.25, -0.2) is 14.4 Å². The number of nitrogens with zero attached hydrogens (tertiary/aromatic N) is 3. The molecule has 6 heteroatoms. The van der Waals surface area contributed by atoms with Crippen molar-refractivity contribution in [1.29, 1.82) is 0 Å². The second-order valence-corrected chi connectivity index (χ2v) is 4.91. The van der Waals surface area contributed by atoms with E-state index < -0.39 is 5.82 Å². The van der Waals surface area contributed by atoms with E-state index in [2.05, 4.69) is 15.3 Å². The van der Waals surface area contributed by atoms with Crippen LogP contribution in [-0.4, -0.2) is 14.5 Å². The lowest BCUT2D eigenvalue weighted by Crippen LogP contribution is -1.95. The molecule has 0 fully saturated rings. The van der Waals surface area contributed by atoms with Crippen molar-refractivity contribution in [2.75, 3.05) is 5.32 Å². The number of pyridine rings is 1. The molecular formula is C14H12ClFN4. The average Bonchev–Trinajstić information content (AvgIpc) is 2.72. The predicted molar refractivity (Wildman–Crippen MR) is 77.9 cm³/mol. The molecule has 0 amide bonds. The monoisotopic (exact) mass is 290 g/mol. The number of hydrogen-bond donors (Lipinski definition) is 1. The summed E-state index contributed by atoms with van der Waals surface area (Å²) in [7, 11) is 1.95. The van der Waals surface area contributed by atoms with Crippen molar-refractivity contribution in [3.8, 4) is 0 Å². The van der Waals surface area contributed by atoms with E-state index in [1.54, 1.807) is 12.3 Å². The van der Waals surface area contributed by atoms with Gasteiger partial charge in [0.25, 0.3) is 0 Å². The largest absolute Gasteiger partial charge is 0.338 e. The fourth-order valence-electron chi connectivity index (χ4n) is 2.04. The van der Waals surface area contributed by atoms with Gasteiger partial charge in [0.2, 0.25) is 0 Å². The highest BCUT2D eigenvalue weighted by Gasteiger charge is 2.10. The first-order valence-corrected chi connectivity index (χ1v) is 6.44. The zero-order chi connectivity index (χ0) is 14.3. The summed E-state index contributed by atoms with van der Waals surface area (Å²) in [6.07, 6.45) is 1.71. The molecule has 0 atom stereocenters. The van der Waals surface area contributed by atoms with E-state index in [9.17, 15) is 4.39 Å². The number of rotatable bonds is 2. The highest BCUT2D eigenvalue weighted by atomic mass is 35.5. The molecular weight excluding hydrogens is 279 g/mol. The molecule has 3 aromatic rings. The van der Waals surface area contributed by atoms with Crippen LogP contribution in [0.4, 0.5) is 15.9 Å². The molecule has 2 aromatic heterocycles. The Balaban J connectivity index is 2.06. The van der Waals surface area contributed by atoms with Crippen LogP contribution in [0.2, 0.25) is 5.02 Å². The highest BCUT2D eigenvalue weighted by Crippen LogP contribution is 2.26. The summed E-state index contributed by atoms with van der Waals surface area (Å²) < 4.78 is 15.1. The van der Waals surface area contributed by atoms with Crippen molar-refractivity contribution in [1.82, 2.24) is 14.5 Å². The second-order valence-electron chi connectivity index (χ2n) is 4.50. The Kier molecular flexibility index (Phi) is 3.06. The minimum Gasteiger partial charge on any atom is -0.338 e. The van der Waals surface area contributed by atoms with Gasteiger partial charge in [0.15, 0.2) is 5.82 Å². The van der Waals surface area contributed by atoms with E-state index in [1.165, 1.54) is 12.1 Å². The fraction of sp³-hybridized carbons (Fsp3) is 0.143. The van der Waals surface area contributed by atoms with Gasteiger partial charge in [0.1, 0.15) is 17.2 Å². The zero-order valence-corrected chi connectivity index (χ0v) is 11.7. The molecule has 0 aliphatic rings. The maximum atomic E-state index is 13.2. The number of fused-ring (bicyclic) bond motifs is 1. The third-order valence-electron chi connectivity index (χ3n) is 3.21. The van der Waals surface area contributed by atoms with Crippen LogP contribution in [0, 0.1) is 12.7 Å². The van der Waals surface area contributed by atoms with Crippen molar-refractivity contribution >= 4 is 34.1 Å². The lowest BCUT2D eigenvalue weighted by molar-refractivity contribution is 0.628. The fourth-order valence-corrected chi connectivity index (χ4v) is 2.22. The molecule has 0 radical (unpaired) electrons. The Bertz CT molecular complexity index is 797. The summed E-state index contributed by atoms with van der Waals surface area (Å²) in [5.74, 6) is 1.07. The first-order chi connectivity index (χ1) is 9.56. The molecule has 0 aliphatic carbocycles. The molecule has 0 saturated heterocycles.